The van der Waals surface area contributed by atoms with Gasteiger partial charge in [0, 0.05) is 5.56 Å². The fraction of sp³-hybridized carbons (Fsp3) is 0.118. The van der Waals surface area contributed by atoms with Gasteiger partial charge in [-0.25, -0.2) is 0 Å². The van der Waals surface area contributed by atoms with Crippen molar-refractivity contribution in [2.75, 3.05) is 0 Å². The average Bonchev–Trinajstić information content (AvgIpc) is 3.21. The van der Waals surface area contributed by atoms with Crippen LogP contribution in [0.5, 0.6) is 5.75 Å². The molecule has 0 unspecified atom stereocenters. The van der Waals surface area contributed by atoms with E-state index in [1.54, 1.807) is 35.4 Å². The number of carbonyl (C=O) groups excluding carboxylic acids is 1. The Balaban J connectivity index is 1.85. The Hall–Kier alpha value is -2.53. The minimum absolute atomic E-state index is 0.0744. The number of hydrogen-bond donors (Lipinski definition) is 1. The summed E-state index contributed by atoms with van der Waals surface area (Å²) in [5.41, 5.74) is 0.707. The maximum Gasteiger partial charge on any atom is 0.264 e. The number of phenols is 1. The number of thiophene rings is 1. The number of phenolic OH excluding ortho intramolecular Hbond substituents is 1. The molecule has 112 valence electrons. The van der Waals surface area contributed by atoms with Crippen LogP contribution in [-0.4, -0.2) is 15.9 Å². The lowest BCUT2D eigenvalue weighted by Crippen LogP contribution is -2.29. The van der Waals surface area contributed by atoms with Crippen molar-refractivity contribution in [3.05, 3.63) is 76.4 Å². The van der Waals surface area contributed by atoms with Crippen LogP contribution >= 0.6 is 11.3 Å². The number of rotatable bonds is 5. The molecule has 1 aromatic carbocycles. The number of benzene rings is 1. The topological polar surface area (TPSA) is 53.7 Å². The zero-order chi connectivity index (χ0) is 15.4. The highest BCUT2D eigenvalue weighted by Gasteiger charge is 2.19. The zero-order valence-corrected chi connectivity index (χ0v) is 12.6. The summed E-state index contributed by atoms with van der Waals surface area (Å²) < 4.78 is 5.35. The molecule has 4 nitrogen and oxygen atoms in total. The summed E-state index contributed by atoms with van der Waals surface area (Å²) >= 11 is 1.40. The second-order valence-electron chi connectivity index (χ2n) is 4.85. The molecule has 22 heavy (non-hydrogen) atoms. The van der Waals surface area contributed by atoms with Crippen LogP contribution in [0.25, 0.3) is 0 Å². The Kier molecular flexibility index (Phi) is 4.25. The van der Waals surface area contributed by atoms with E-state index in [9.17, 15) is 9.90 Å². The van der Waals surface area contributed by atoms with Gasteiger partial charge in [0.05, 0.1) is 24.2 Å². The smallest absolute Gasteiger partial charge is 0.264 e. The van der Waals surface area contributed by atoms with Crippen LogP contribution in [-0.2, 0) is 13.1 Å². The van der Waals surface area contributed by atoms with Crippen LogP contribution in [0.2, 0.25) is 0 Å². The Morgan fingerprint density at radius 3 is 2.64 bits per heavy atom. The van der Waals surface area contributed by atoms with E-state index >= 15 is 0 Å². The van der Waals surface area contributed by atoms with Crippen molar-refractivity contribution in [2.45, 2.75) is 13.1 Å². The van der Waals surface area contributed by atoms with Gasteiger partial charge in [0.1, 0.15) is 11.5 Å². The van der Waals surface area contributed by atoms with Gasteiger partial charge in [0.25, 0.3) is 5.91 Å². The molecule has 0 spiro atoms. The first-order valence-corrected chi connectivity index (χ1v) is 7.74. The van der Waals surface area contributed by atoms with Gasteiger partial charge in [-0.3, -0.25) is 4.79 Å². The van der Waals surface area contributed by atoms with Crippen molar-refractivity contribution in [3.63, 3.8) is 0 Å². The van der Waals surface area contributed by atoms with Crippen LogP contribution in [0.15, 0.2) is 64.6 Å². The molecule has 5 heteroatoms. The Bertz CT molecular complexity index is 735. The first-order chi connectivity index (χ1) is 10.7. The van der Waals surface area contributed by atoms with Crippen molar-refractivity contribution < 1.29 is 14.3 Å². The summed E-state index contributed by atoms with van der Waals surface area (Å²) in [5, 5.41) is 11.8. The first-order valence-electron chi connectivity index (χ1n) is 6.86. The van der Waals surface area contributed by atoms with Crippen molar-refractivity contribution in [2.24, 2.45) is 0 Å². The molecule has 2 aromatic heterocycles. The number of amides is 1. The highest BCUT2D eigenvalue weighted by atomic mass is 32.1. The Morgan fingerprint density at radius 2 is 1.95 bits per heavy atom. The summed E-state index contributed by atoms with van der Waals surface area (Å²) in [7, 11) is 0. The van der Waals surface area contributed by atoms with E-state index in [0.717, 1.165) is 0 Å². The lowest BCUT2D eigenvalue weighted by Gasteiger charge is -2.21. The molecule has 0 bridgehead atoms. The summed E-state index contributed by atoms with van der Waals surface area (Å²) in [4.78, 5) is 15.0. The minimum atomic E-state index is -0.0744. The maximum atomic E-state index is 12.7. The van der Waals surface area contributed by atoms with Crippen LogP contribution < -0.4 is 0 Å². The number of hydrogen-bond acceptors (Lipinski definition) is 4. The second-order valence-corrected chi connectivity index (χ2v) is 5.79. The van der Waals surface area contributed by atoms with Crippen LogP contribution in [0.4, 0.5) is 0 Å². The van der Waals surface area contributed by atoms with Crippen LogP contribution in [0.3, 0.4) is 0 Å². The SMILES string of the molecule is O=C(c1cccs1)N(Cc1ccco1)Cc1ccccc1O. The summed E-state index contributed by atoms with van der Waals surface area (Å²) in [5.74, 6) is 0.820. The van der Waals surface area contributed by atoms with Gasteiger partial charge in [-0.1, -0.05) is 24.3 Å². The summed E-state index contributed by atoms with van der Waals surface area (Å²) in [6.45, 7) is 0.683. The monoisotopic (exact) mass is 313 g/mol. The van der Waals surface area contributed by atoms with E-state index in [4.69, 9.17) is 4.42 Å². The third kappa shape index (κ3) is 3.20. The molecule has 0 aliphatic heterocycles. The summed E-state index contributed by atoms with van der Waals surface area (Å²) in [6, 6.07) is 14.3. The molecule has 3 rings (SSSR count). The summed E-state index contributed by atoms with van der Waals surface area (Å²) in [6.07, 6.45) is 1.59. The lowest BCUT2D eigenvalue weighted by atomic mass is 10.2. The molecule has 1 amide bonds. The largest absolute Gasteiger partial charge is 0.508 e. The third-order valence-corrected chi connectivity index (χ3v) is 4.16. The lowest BCUT2D eigenvalue weighted by molar-refractivity contribution is 0.0721. The number of aromatic hydroxyl groups is 1. The average molecular weight is 313 g/mol. The molecule has 0 aliphatic carbocycles. The van der Waals surface area contributed by atoms with Gasteiger partial charge >= 0.3 is 0 Å². The molecule has 2 heterocycles. The molecule has 0 fully saturated rings. The van der Waals surface area contributed by atoms with Gasteiger partial charge in [-0.2, -0.15) is 0 Å². The van der Waals surface area contributed by atoms with E-state index in [2.05, 4.69) is 0 Å². The van der Waals surface area contributed by atoms with E-state index in [-0.39, 0.29) is 11.7 Å². The van der Waals surface area contributed by atoms with Gasteiger partial charge in [-0.05, 0) is 29.6 Å². The van der Waals surface area contributed by atoms with Crippen molar-refractivity contribution >= 4 is 17.2 Å². The highest BCUT2D eigenvalue weighted by molar-refractivity contribution is 7.12. The zero-order valence-electron chi connectivity index (χ0n) is 11.8. The van der Waals surface area contributed by atoms with Gasteiger partial charge in [-0.15, -0.1) is 11.3 Å². The van der Waals surface area contributed by atoms with Crippen molar-refractivity contribution in [1.29, 1.82) is 0 Å². The molecular weight excluding hydrogens is 298 g/mol. The highest BCUT2D eigenvalue weighted by Crippen LogP contribution is 2.22. The van der Waals surface area contributed by atoms with E-state index in [1.165, 1.54) is 11.3 Å². The third-order valence-electron chi connectivity index (χ3n) is 3.30. The molecule has 0 atom stereocenters. The molecule has 1 N–H and O–H groups in total. The number of carbonyl (C=O) groups is 1. The molecule has 0 aliphatic rings. The number of para-hydroxylation sites is 1. The normalized spacial score (nSPS) is 10.5. The van der Waals surface area contributed by atoms with Gasteiger partial charge < -0.3 is 14.4 Å². The molecule has 3 aromatic rings. The quantitative estimate of drug-likeness (QED) is 0.777. The minimum Gasteiger partial charge on any atom is -0.508 e. The maximum absolute atomic E-state index is 12.7. The predicted molar refractivity (Wildman–Crippen MR) is 84.7 cm³/mol. The predicted octanol–water partition coefficient (Wildman–Crippen LogP) is 3.89. The van der Waals surface area contributed by atoms with Gasteiger partial charge in [0.2, 0.25) is 0 Å². The molecule has 0 saturated heterocycles. The van der Waals surface area contributed by atoms with E-state index in [0.29, 0.717) is 29.3 Å². The molecule has 0 radical (unpaired) electrons. The first kappa shape index (κ1) is 14.4. The van der Waals surface area contributed by atoms with Crippen LogP contribution in [0, 0.1) is 0 Å². The van der Waals surface area contributed by atoms with Gasteiger partial charge in [0.15, 0.2) is 0 Å². The molecule has 0 saturated carbocycles. The molecular formula is C17H15NO3S. The van der Waals surface area contributed by atoms with Crippen molar-refractivity contribution in [1.82, 2.24) is 4.90 Å². The van der Waals surface area contributed by atoms with E-state index < -0.39 is 0 Å². The fourth-order valence-electron chi connectivity index (χ4n) is 2.20. The fourth-order valence-corrected chi connectivity index (χ4v) is 2.89. The Morgan fingerprint density at radius 1 is 1.09 bits per heavy atom. The number of furan rings is 1. The second kappa shape index (κ2) is 6.49. The van der Waals surface area contributed by atoms with E-state index in [1.807, 2.05) is 29.6 Å². The van der Waals surface area contributed by atoms with Crippen LogP contribution in [0.1, 0.15) is 21.0 Å². The standard InChI is InChI=1S/C17H15NO3S/c19-15-7-2-1-5-13(15)11-18(12-14-6-3-9-21-14)17(20)16-8-4-10-22-16/h1-10,19H,11-12H2. The Labute approximate surface area is 132 Å². The van der Waals surface area contributed by atoms with Crippen molar-refractivity contribution in [3.8, 4) is 5.75 Å². The number of nitrogens with zero attached hydrogens (tertiary/aromatic N) is 1.